The van der Waals surface area contributed by atoms with Crippen molar-refractivity contribution in [3.8, 4) is 0 Å². The van der Waals surface area contributed by atoms with Gasteiger partial charge in [-0.05, 0) is 54.6 Å². The molecule has 32 heavy (non-hydrogen) atoms. The molecule has 8 nitrogen and oxygen atoms in total. The van der Waals surface area contributed by atoms with Gasteiger partial charge < -0.3 is 15.1 Å². The minimum atomic E-state index is -4.07. The molecule has 0 unspecified atom stereocenters. The van der Waals surface area contributed by atoms with E-state index in [2.05, 4.69) is 10.6 Å². The van der Waals surface area contributed by atoms with Crippen LogP contribution in [-0.4, -0.2) is 31.1 Å². The zero-order chi connectivity index (χ0) is 23.3. The third kappa shape index (κ3) is 6.10. The summed E-state index contributed by atoms with van der Waals surface area (Å²) in [6.45, 7) is 0.719. The van der Waals surface area contributed by atoms with Crippen LogP contribution in [0.1, 0.15) is 12.7 Å². The van der Waals surface area contributed by atoms with Crippen LogP contribution in [0.2, 0.25) is 10.0 Å². The van der Waals surface area contributed by atoms with E-state index in [4.69, 9.17) is 27.6 Å². The molecule has 0 spiro atoms. The lowest BCUT2D eigenvalue weighted by Crippen LogP contribution is -2.37. The summed E-state index contributed by atoms with van der Waals surface area (Å²) in [4.78, 5) is 23.8. The molecule has 2 amide bonds. The molecule has 0 saturated carbocycles. The summed E-state index contributed by atoms with van der Waals surface area (Å²) in [6.07, 6.45) is 1.41. The van der Waals surface area contributed by atoms with Gasteiger partial charge in [-0.1, -0.05) is 23.2 Å². The minimum absolute atomic E-state index is 0.0412. The summed E-state index contributed by atoms with van der Waals surface area (Å²) in [6, 6.07) is 13.4. The summed E-state index contributed by atoms with van der Waals surface area (Å²) < 4.78 is 32.8. The molecule has 0 bridgehead atoms. The highest BCUT2D eigenvalue weighted by Crippen LogP contribution is 2.25. The second kappa shape index (κ2) is 10.2. The summed E-state index contributed by atoms with van der Waals surface area (Å²) >= 11 is 11.8. The molecule has 0 radical (unpaired) electrons. The Balaban J connectivity index is 1.83. The number of nitrogens with zero attached hydrogens (tertiary/aromatic N) is 1. The van der Waals surface area contributed by atoms with E-state index in [9.17, 15) is 18.0 Å². The highest BCUT2D eigenvalue weighted by molar-refractivity contribution is 7.89. The number of carbonyl (C=O) groups is 2. The Morgan fingerprint density at radius 3 is 2.25 bits per heavy atom. The second-order valence-corrected chi connectivity index (χ2v) is 9.49. The Hall–Kier alpha value is -2.85. The van der Waals surface area contributed by atoms with Gasteiger partial charge in [-0.2, -0.15) is 4.31 Å². The molecule has 0 aliphatic rings. The van der Waals surface area contributed by atoms with Gasteiger partial charge in [0.2, 0.25) is 21.8 Å². The standard InChI is InChI=1S/C21H19Cl2N3O5S/c1-14(27)24-15-4-7-18(8-5-15)32(29,30)26(12-17-3-2-10-31-17)13-21(28)25-16-6-9-19(22)20(23)11-16/h2-11H,12-13H2,1H3,(H,24,27)(H,25,28). The van der Waals surface area contributed by atoms with Crippen LogP contribution in [0.15, 0.2) is 70.2 Å². The average molecular weight is 496 g/mol. The highest BCUT2D eigenvalue weighted by Gasteiger charge is 2.28. The third-order valence-electron chi connectivity index (χ3n) is 4.25. The van der Waals surface area contributed by atoms with E-state index in [-0.39, 0.29) is 22.4 Å². The highest BCUT2D eigenvalue weighted by atomic mass is 35.5. The van der Waals surface area contributed by atoms with Crippen LogP contribution in [0.5, 0.6) is 0 Å². The van der Waals surface area contributed by atoms with E-state index < -0.39 is 22.5 Å². The van der Waals surface area contributed by atoms with Crippen LogP contribution in [0.3, 0.4) is 0 Å². The van der Waals surface area contributed by atoms with E-state index in [1.54, 1.807) is 18.2 Å². The van der Waals surface area contributed by atoms with E-state index in [0.717, 1.165) is 4.31 Å². The summed E-state index contributed by atoms with van der Waals surface area (Å²) in [5.41, 5.74) is 0.825. The van der Waals surface area contributed by atoms with Gasteiger partial charge in [0.05, 0.1) is 34.3 Å². The Morgan fingerprint density at radius 1 is 0.969 bits per heavy atom. The van der Waals surface area contributed by atoms with Crippen molar-refractivity contribution >= 4 is 56.4 Å². The molecule has 1 aromatic heterocycles. The van der Waals surface area contributed by atoms with Crippen molar-refractivity contribution in [1.82, 2.24) is 4.31 Å². The first-order valence-electron chi connectivity index (χ1n) is 9.30. The first-order chi connectivity index (χ1) is 15.1. The molecule has 11 heteroatoms. The van der Waals surface area contributed by atoms with Crippen molar-refractivity contribution in [2.45, 2.75) is 18.4 Å². The van der Waals surface area contributed by atoms with Crippen LogP contribution in [-0.2, 0) is 26.2 Å². The van der Waals surface area contributed by atoms with Crippen LogP contribution >= 0.6 is 23.2 Å². The largest absolute Gasteiger partial charge is 0.468 e. The number of halogens is 2. The maximum absolute atomic E-state index is 13.3. The van der Waals surface area contributed by atoms with E-state index in [1.165, 1.54) is 49.6 Å². The van der Waals surface area contributed by atoms with Crippen LogP contribution in [0.25, 0.3) is 0 Å². The second-order valence-electron chi connectivity index (χ2n) is 6.74. The van der Waals surface area contributed by atoms with Crippen LogP contribution in [0, 0.1) is 0 Å². The van der Waals surface area contributed by atoms with Crippen molar-refractivity contribution in [1.29, 1.82) is 0 Å². The summed E-state index contributed by atoms with van der Waals surface area (Å²) in [5.74, 6) is -0.488. The predicted octanol–water partition coefficient (Wildman–Crippen LogP) is 4.37. The number of amides is 2. The van der Waals surface area contributed by atoms with Crippen molar-refractivity contribution in [2.24, 2.45) is 0 Å². The van der Waals surface area contributed by atoms with Crippen molar-refractivity contribution < 1.29 is 22.4 Å². The normalized spacial score (nSPS) is 11.4. The predicted molar refractivity (Wildman–Crippen MR) is 122 cm³/mol. The minimum Gasteiger partial charge on any atom is -0.468 e. The van der Waals surface area contributed by atoms with Crippen molar-refractivity contribution in [3.63, 3.8) is 0 Å². The van der Waals surface area contributed by atoms with Crippen molar-refractivity contribution in [2.75, 3.05) is 17.2 Å². The van der Waals surface area contributed by atoms with Gasteiger partial charge in [0.15, 0.2) is 0 Å². The average Bonchev–Trinajstić information content (AvgIpc) is 3.23. The van der Waals surface area contributed by atoms with E-state index >= 15 is 0 Å². The molecule has 0 fully saturated rings. The molecule has 0 saturated heterocycles. The Morgan fingerprint density at radius 2 is 1.66 bits per heavy atom. The van der Waals surface area contributed by atoms with E-state index in [0.29, 0.717) is 22.2 Å². The molecule has 0 aliphatic carbocycles. The lowest BCUT2D eigenvalue weighted by Gasteiger charge is -2.21. The molecule has 2 N–H and O–H groups in total. The molecular weight excluding hydrogens is 477 g/mol. The van der Waals surface area contributed by atoms with Gasteiger partial charge in [-0.3, -0.25) is 9.59 Å². The molecule has 2 aromatic carbocycles. The zero-order valence-electron chi connectivity index (χ0n) is 16.8. The first kappa shape index (κ1) is 23.8. The molecule has 0 atom stereocenters. The molecule has 3 aromatic rings. The van der Waals surface area contributed by atoms with Crippen molar-refractivity contribution in [3.05, 3.63) is 76.7 Å². The number of carbonyl (C=O) groups excluding carboxylic acids is 2. The van der Waals surface area contributed by atoms with Gasteiger partial charge in [0, 0.05) is 18.3 Å². The molecule has 0 aliphatic heterocycles. The SMILES string of the molecule is CC(=O)Nc1ccc(S(=O)(=O)N(CC(=O)Nc2ccc(Cl)c(Cl)c2)Cc2ccco2)cc1. The number of hydrogen-bond acceptors (Lipinski definition) is 5. The number of sulfonamides is 1. The lowest BCUT2D eigenvalue weighted by molar-refractivity contribution is -0.116. The number of rotatable bonds is 8. The monoisotopic (exact) mass is 495 g/mol. The number of furan rings is 1. The third-order valence-corrected chi connectivity index (χ3v) is 6.79. The lowest BCUT2D eigenvalue weighted by atomic mass is 10.3. The fraction of sp³-hybridized carbons (Fsp3) is 0.143. The zero-order valence-corrected chi connectivity index (χ0v) is 19.2. The summed E-state index contributed by atoms with van der Waals surface area (Å²) in [7, 11) is -4.07. The van der Waals surface area contributed by atoms with Crippen LogP contribution in [0.4, 0.5) is 11.4 Å². The fourth-order valence-electron chi connectivity index (χ4n) is 2.80. The number of anilines is 2. The topological polar surface area (TPSA) is 109 Å². The van der Waals surface area contributed by atoms with E-state index in [1.807, 2.05) is 0 Å². The number of hydrogen-bond donors (Lipinski definition) is 2. The van der Waals surface area contributed by atoms with Gasteiger partial charge in [0.1, 0.15) is 5.76 Å². The van der Waals surface area contributed by atoms with Gasteiger partial charge in [-0.15, -0.1) is 0 Å². The molecule has 168 valence electrons. The first-order valence-corrected chi connectivity index (χ1v) is 11.5. The Labute approximate surface area is 195 Å². The quantitative estimate of drug-likeness (QED) is 0.482. The van der Waals surface area contributed by atoms with Gasteiger partial charge in [-0.25, -0.2) is 8.42 Å². The smallest absolute Gasteiger partial charge is 0.243 e. The van der Waals surface area contributed by atoms with Crippen LogP contribution < -0.4 is 10.6 Å². The van der Waals surface area contributed by atoms with Gasteiger partial charge in [0.25, 0.3) is 0 Å². The molecular formula is C21H19Cl2N3O5S. The Bertz CT molecular complexity index is 1210. The Kier molecular flexibility index (Phi) is 7.57. The maximum Gasteiger partial charge on any atom is 0.243 e. The molecule has 3 rings (SSSR count). The summed E-state index contributed by atoms with van der Waals surface area (Å²) in [5, 5.41) is 5.76. The maximum atomic E-state index is 13.3. The fourth-order valence-corrected chi connectivity index (χ4v) is 4.46. The van der Waals surface area contributed by atoms with Gasteiger partial charge >= 0.3 is 0 Å². The molecule has 1 heterocycles. The number of benzene rings is 2. The number of nitrogens with one attached hydrogen (secondary N) is 2.